The maximum atomic E-state index is 5.64. The van der Waals surface area contributed by atoms with Crippen LogP contribution in [0.1, 0.15) is 0 Å². The summed E-state index contributed by atoms with van der Waals surface area (Å²) in [6.45, 7) is 0. The molecule has 1 aliphatic heterocycles. The van der Waals surface area contributed by atoms with E-state index in [9.17, 15) is 0 Å². The first-order valence-electron chi connectivity index (χ1n) is 1.77. The Balaban J connectivity index is 2.18. The zero-order valence-corrected chi connectivity index (χ0v) is 5.57. The fourth-order valence-electron chi connectivity index (χ4n) is 0.330. The van der Waals surface area contributed by atoms with Crippen molar-refractivity contribution < 1.29 is 0 Å². The molecule has 0 saturated carbocycles. The Bertz CT molecular complexity index is 44.8. The predicted molar refractivity (Wildman–Crippen MR) is 36.5 cm³/mol. The van der Waals surface area contributed by atoms with E-state index in [4.69, 9.17) is 11.5 Å². The van der Waals surface area contributed by atoms with Crippen LogP contribution in [-0.2, 0) is 0 Å². The molecule has 0 aromatic heterocycles. The van der Waals surface area contributed by atoms with Gasteiger partial charge in [-0.3, -0.25) is 0 Å². The van der Waals surface area contributed by atoms with E-state index in [0.717, 1.165) is 0 Å². The van der Waals surface area contributed by atoms with E-state index in [1.165, 1.54) is 11.5 Å². The van der Waals surface area contributed by atoms with Gasteiger partial charge in [-0.25, -0.2) is 0 Å². The molecule has 0 spiro atoms. The van der Waals surface area contributed by atoms with Gasteiger partial charge in [-0.1, -0.05) is 0 Å². The van der Waals surface area contributed by atoms with E-state index < -0.39 is 0 Å². The first-order valence-corrected chi connectivity index (χ1v) is 4.30. The summed E-state index contributed by atoms with van der Waals surface area (Å²) in [7, 11) is 0. The largest absolute Gasteiger partial charge is 0.378 e. The Morgan fingerprint density at radius 3 is 2.00 bits per heavy atom. The maximum Gasteiger partial charge on any atom is 0.378 e. The summed E-state index contributed by atoms with van der Waals surface area (Å²) in [6, 6.07) is 0. The second-order valence-electron chi connectivity index (χ2n) is 1.02. The molecular formula is C2H4BClS2. The Morgan fingerprint density at radius 1 is 1.33 bits per heavy atom. The molecule has 34 valence electrons. The molecule has 1 aliphatic rings. The molecule has 0 aromatic rings. The molecule has 1 saturated heterocycles. The highest BCUT2D eigenvalue weighted by Crippen LogP contribution is 2.30. The van der Waals surface area contributed by atoms with Crippen molar-refractivity contribution >= 4 is 39.4 Å². The molecule has 4 heteroatoms. The zero-order valence-electron chi connectivity index (χ0n) is 3.19. The molecule has 0 aliphatic carbocycles. The molecule has 0 nitrogen and oxygen atoms in total. The van der Waals surface area contributed by atoms with Gasteiger partial charge >= 0.3 is 4.69 Å². The normalized spacial score (nSPS) is 22.5. The molecule has 0 aromatic carbocycles. The van der Waals surface area contributed by atoms with E-state index in [1.807, 2.05) is 23.2 Å². The van der Waals surface area contributed by atoms with Crippen LogP contribution in [0, 0.1) is 0 Å². The average Bonchev–Trinajstić information content (AvgIpc) is 1.86. The van der Waals surface area contributed by atoms with Gasteiger partial charge in [0.1, 0.15) is 0 Å². The van der Waals surface area contributed by atoms with Crippen LogP contribution >= 0.6 is 34.7 Å². The molecule has 0 amide bonds. The minimum absolute atomic E-state index is 0.352. The topological polar surface area (TPSA) is 0 Å². The molecular weight excluding hydrogens is 134 g/mol. The number of hydrogen-bond donors (Lipinski definition) is 0. The molecule has 0 unspecified atom stereocenters. The van der Waals surface area contributed by atoms with Crippen LogP contribution in [-0.4, -0.2) is 16.2 Å². The van der Waals surface area contributed by atoms with Gasteiger partial charge in [-0.05, 0) is 11.5 Å². The molecule has 0 atom stereocenters. The van der Waals surface area contributed by atoms with Crippen LogP contribution < -0.4 is 0 Å². The summed E-state index contributed by atoms with van der Waals surface area (Å²) in [5, 5.41) is 0. The summed E-state index contributed by atoms with van der Waals surface area (Å²) in [4.78, 5) is 0. The third-order valence-electron chi connectivity index (χ3n) is 0.581. The van der Waals surface area contributed by atoms with Gasteiger partial charge in [0.15, 0.2) is 0 Å². The van der Waals surface area contributed by atoms with E-state index in [0.29, 0.717) is 4.69 Å². The maximum absolute atomic E-state index is 5.64. The molecule has 6 heavy (non-hydrogen) atoms. The molecule has 1 rings (SSSR count). The number of hydrogen-bond acceptors (Lipinski definition) is 2. The van der Waals surface area contributed by atoms with Crippen molar-refractivity contribution in [3.8, 4) is 0 Å². The summed E-state index contributed by atoms with van der Waals surface area (Å²) in [5.41, 5.74) is 0. The monoisotopic (exact) mass is 138 g/mol. The minimum Gasteiger partial charge on any atom is -0.177 e. The van der Waals surface area contributed by atoms with Crippen LogP contribution in [0.25, 0.3) is 0 Å². The molecule has 0 radical (unpaired) electrons. The van der Waals surface area contributed by atoms with E-state index in [-0.39, 0.29) is 0 Å². The van der Waals surface area contributed by atoms with Crippen molar-refractivity contribution in [3.63, 3.8) is 0 Å². The fourth-order valence-corrected chi connectivity index (χ4v) is 2.97. The van der Waals surface area contributed by atoms with Gasteiger partial charge in [-0.2, -0.15) is 34.7 Å². The lowest BCUT2D eigenvalue weighted by Crippen LogP contribution is -1.77. The zero-order chi connectivity index (χ0) is 4.41. The second-order valence-corrected chi connectivity index (χ2v) is 4.69. The Morgan fingerprint density at radius 2 is 1.83 bits per heavy atom. The summed E-state index contributed by atoms with van der Waals surface area (Å²) < 4.78 is 0.352. The van der Waals surface area contributed by atoms with Crippen molar-refractivity contribution in [1.29, 1.82) is 0 Å². The van der Waals surface area contributed by atoms with E-state index in [2.05, 4.69) is 0 Å². The van der Waals surface area contributed by atoms with Crippen molar-refractivity contribution in [2.45, 2.75) is 0 Å². The first-order chi connectivity index (χ1) is 2.89. The van der Waals surface area contributed by atoms with Gasteiger partial charge in [0.25, 0.3) is 0 Å². The Labute approximate surface area is 51.2 Å². The van der Waals surface area contributed by atoms with Crippen LogP contribution in [0.4, 0.5) is 0 Å². The summed E-state index contributed by atoms with van der Waals surface area (Å²) in [5.74, 6) is 2.47. The molecule has 0 N–H and O–H groups in total. The highest BCUT2D eigenvalue weighted by atomic mass is 35.5. The third kappa shape index (κ3) is 1.28. The number of rotatable bonds is 0. The highest BCUT2D eigenvalue weighted by molar-refractivity contribution is 8.60. The predicted octanol–water partition coefficient (Wildman–Crippen LogP) is 1.69. The Hall–Kier alpha value is 1.05. The van der Waals surface area contributed by atoms with Gasteiger partial charge < -0.3 is 0 Å². The lowest BCUT2D eigenvalue weighted by atomic mass is 10.7. The van der Waals surface area contributed by atoms with E-state index in [1.54, 1.807) is 0 Å². The summed E-state index contributed by atoms with van der Waals surface area (Å²) >= 11 is 9.29. The highest BCUT2D eigenvalue weighted by Gasteiger charge is 2.16. The molecule has 0 bridgehead atoms. The van der Waals surface area contributed by atoms with Gasteiger partial charge in [0, 0.05) is 0 Å². The standard InChI is InChI=1S/C2H4BClS2/c4-3-5-1-2-6-3/h1-2H2. The van der Waals surface area contributed by atoms with Gasteiger partial charge in [0.05, 0.1) is 0 Å². The van der Waals surface area contributed by atoms with Crippen molar-refractivity contribution in [3.05, 3.63) is 0 Å². The average molecular weight is 138 g/mol. The lowest BCUT2D eigenvalue weighted by molar-refractivity contribution is 1.59. The quantitative estimate of drug-likeness (QED) is 0.467. The smallest absolute Gasteiger partial charge is 0.177 e. The third-order valence-corrected chi connectivity index (χ3v) is 3.82. The SMILES string of the molecule is ClB1SCCS1. The summed E-state index contributed by atoms with van der Waals surface area (Å²) in [6.07, 6.45) is 0. The van der Waals surface area contributed by atoms with Crippen LogP contribution in [0.15, 0.2) is 0 Å². The van der Waals surface area contributed by atoms with Crippen molar-refractivity contribution in [2.75, 3.05) is 11.5 Å². The Kier molecular flexibility index (Phi) is 2.07. The molecule has 1 heterocycles. The first kappa shape index (κ1) is 5.20. The van der Waals surface area contributed by atoms with Crippen molar-refractivity contribution in [2.24, 2.45) is 0 Å². The molecule has 1 fully saturated rings. The fraction of sp³-hybridized carbons (Fsp3) is 1.00. The van der Waals surface area contributed by atoms with Crippen LogP contribution in [0.5, 0.6) is 0 Å². The van der Waals surface area contributed by atoms with Gasteiger partial charge in [0.2, 0.25) is 0 Å². The second kappa shape index (κ2) is 2.38. The number of halogens is 1. The minimum atomic E-state index is 0.352. The van der Waals surface area contributed by atoms with Crippen molar-refractivity contribution in [1.82, 2.24) is 0 Å². The van der Waals surface area contributed by atoms with Crippen LogP contribution in [0.2, 0.25) is 0 Å². The van der Waals surface area contributed by atoms with Gasteiger partial charge in [-0.15, -0.1) is 0 Å². The lowest BCUT2D eigenvalue weighted by Gasteiger charge is -1.80. The van der Waals surface area contributed by atoms with Crippen LogP contribution in [0.3, 0.4) is 0 Å². The van der Waals surface area contributed by atoms with E-state index >= 15 is 0 Å².